The first kappa shape index (κ1) is 19.4. The summed E-state index contributed by atoms with van der Waals surface area (Å²) in [6.07, 6.45) is -0.0810. The van der Waals surface area contributed by atoms with E-state index in [9.17, 15) is 18.0 Å². The number of rotatable bonds is 4. The highest BCUT2D eigenvalue weighted by Gasteiger charge is 2.34. The highest BCUT2D eigenvalue weighted by Crippen LogP contribution is 2.37. The fourth-order valence-electron chi connectivity index (χ4n) is 2.46. The third-order valence-electron chi connectivity index (χ3n) is 3.73. The summed E-state index contributed by atoms with van der Waals surface area (Å²) in [4.78, 5) is 19.7. The van der Waals surface area contributed by atoms with Crippen molar-refractivity contribution in [2.45, 2.75) is 6.18 Å². The molecular weight excluding hydrogens is 395 g/mol. The lowest BCUT2D eigenvalue weighted by molar-refractivity contribution is -0.137. The highest BCUT2D eigenvalue weighted by molar-refractivity contribution is 6.31. The monoisotopic (exact) mass is 407 g/mol. The van der Waals surface area contributed by atoms with E-state index in [0.717, 1.165) is 28.3 Å². The minimum absolute atomic E-state index is 0.113. The van der Waals surface area contributed by atoms with Crippen molar-refractivity contribution < 1.29 is 18.0 Å². The molecule has 0 unspecified atom stereocenters. The smallest absolute Gasteiger partial charge is 0.350 e. The fourth-order valence-corrected chi connectivity index (χ4v) is 2.69. The molecule has 0 saturated heterocycles. The Morgan fingerprint density at radius 3 is 2.43 bits per heavy atom. The second-order valence-corrected chi connectivity index (χ2v) is 6.06. The van der Waals surface area contributed by atoms with E-state index in [2.05, 4.69) is 15.4 Å². The van der Waals surface area contributed by atoms with Crippen molar-refractivity contribution in [2.24, 2.45) is 5.73 Å². The van der Waals surface area contributed by atoms with E-state index in [0.29, 0.717) is 5.69 Å². The van der Waals surface area contributed by atoms with Gasteiger partial charge in [-0.1, -0.05) is 23.7 Å². The van der Waals surface area contributed by atoms with Gasteiger partial charge in [0.25, 0.3) is 0 Å². The number of hydrazine groups is 1. The molecule has 0 aliphatic carbocycles. The summed E-state index contributed by atoms with van der Waals surface area (Å²) < 4.78 is 39.3. The molecule has 2 aromatic carbocycles. The average Bonchev–Trinajstić information content (AvgIpc) is 2.66. The van der Waals surface area contributed by atoms with Gasteiger partial charge in [-0.3, -0.25) is 5.43 Å². The molecule has 0 fully saturated rings. The topological polar surface area (TPSA) is 84.1 Å². The second kappa shape index (κ2) is 7.73. The zero-order valence-corrected chi connectivity index (χ0v) is 14.9. The number of nitrogens with one attached hydrogen (secondary N) is 1. The van der Waals surface area contributed by atoms with Gasteiger partial charge in [-0.25, -0.2) is 19.8 Å². The Morgan fingerprint density at radius 2 is 1.79 bits per heavy atom. The molecule has 0 aliphatic heterocycles. The quantitative estimate of drug-likeness (QED) is 0.612. The summed E-state index contributed by atoms with van der Waals surface area (Å²) in [5.74, 6) is 0. The van der Waals surface area contributed by atoms with Gasteiger partial charge in [-0.15, -0.1) is 0 Å². The third-order valence-corrected chi connectivity index (χ3v) is 4.06. The summed E-state index contributed by atoms with van der Waals surface area (Å²) in [5.41, 5.74) is 8.76. The van der Waals surface area contributed by atoms with Crippen LogP contribution in [0, 0.1) is 0 Å². The van der Waals surface area contributed by atoms with Crippen LogP contribution < -0.4 is 16.2 Å². The lowest BCUT2D eigenvalue weighted by Gasteiger charge is -2.24. The molecule has 1 aromatic heterocycles. The number of benzene rings is 2. The number of halogens is 4. The largest absolute Gasteiger partial charge is 0.417 e. The number of hydrogen-bond acceptors (Lipinski definition) is 4. The van der Waals surface area contributed by atoms with Crippen molar-refractivity contribution in [2.75, 3.05) is 10.4 Å². The summed E-state index contributed by atoms with van der Waals surface area (Å²) in [7, 11) is 0. The van der Waals surface area contributed by atoms with Gasteiger partial charge < -0.3 is 5.73 Å². The minimum Gasteiger partial charge on any atom is -0.350 e. The number of aromatic nitrogens is 2. The summed E-state index contributed by atoms with van der Waals surface area (Å²) in [6.45, 7) is 0. The predicted octanol–water partition coefficient (Wildman–Crippen LogP) is 4.73. The zero-order chi connectivity index (χ0) is 20.3. The lowest BCUT2D eigenvalue weighted by Crippen LogP contribution is -2.40. The first-order valence-corrected chi connectivity index (χ1v) is 8.22. The van der Waals surface area contributed by atoms with E-state index < -0.39 is 22.8 Å². The molecule has 0 aliphatic rings. The zero-order valence-electron chi connectivity index (χ0n) is 14.1. The van der Waals surface area contributed by atoms with Gasteiger partial charge in [0, 0.05) is 18.0 Å². The maximum Gasteiger partial charge on any atom is 0.417 e. The predicted molar refractivity (Wildman–Crippen MR) is 99.6 cm³/mol. The van der Waals surface area contributed by atoms with E-state index in [-0.39, 0.29) is 5.69 Å². The van der Waals surface area contributed by atoms with E-state index in [4.69, 9.17) is 17.3 Å². The van der Waals surface area contributed by atoms with Crippen LogP contribution in [0.1, 0.15) is 5.56 Å². The standard InChI is InChI=1S/C18H13ClF3N5O/c19-16-5-4-14(7-15(16)18(20,21)22)27(17(23)28)26-13-3-1-2-11(6-13)12-8-24-10-25-9-12/h1-10,26H,(H2,23,28). The first-order chi connectivity index (χ1) is 13.3. The Bertz CT molecular complexity index is 998. The van der Waals surface area contributed by atoms with E-state index >= 15 is 0 Å². The van der Waals surface area contributed by atoms with Crippen LogP contribution in [-0.2, 0) is 6.18 Å². The van der Waals surface area contributed by atoms with Crippen molar-refractivity contribution in [3.63, 3.8) is 0 Å². The number of anilines is 2. The maximum absolute atomic E-state index is 13.1. The number of primary amides is 1. The number of nitrogens with two attached hydrogens (primary N) is 1. The maximum atomic E-state index is 13.1. The Labute approximate surface area is 162 Å². The van der Waals surface area contributed by atoms with Crippen molar-refractivity contribution in [3.8, 4) is 11.1 Å². The molecule has 0 spiro atoms. The number of carbonyl (C=O) groups is 1. The molecule has 144 valence electrons. The normalized spacial score (nSPS) is 11.1. The van der Waals surface area contributed by atoms with Gasteiger partial charge in [0.05, 0.1) is 22.0 Å². The molecule has 0 atom stereocenters. The molecular formula is C18H13ClF3N5O. The third kappa shape index (κ3) is 4.32. The van der Waals surface area contributed by atoms with Crippen LogP contribution in [0.25, 0.3) is 11.1 Å². The van der Waals surface area contributed by atoms with Gasteiger partial charge >= 0.3 is 12.2 Å². The average molecular weight is 408 g/mol. The molecule has 3 N–H and O–H groups in total. The summed E-state index contributed by atoms with van der Waals surface area (Å²) in [5, 5.41) is 0.318. The van der Waals surface area contributed by atoms with Crippen molar-refractivity contribution >= 4 is 29.0 Å². The van der Waals surface area contributed by atoms with Crippen LogP contribution in [0.3, 0.4) is 0 Å². The Morgan fingerprint density at radius 1 is 1.07 bits per heavy atom. The molecule has 3 rings (SSSR count). The number of nitrogens with zero attached hydrogens (tertiary/aromatic N) is 3. The second-order valence-electron chi connectivity index (χ2n) is 5.66. The van der Waals surface area contributed by atoms with Crippen LogP contribution in [0.15, 0.2) is 61.2 Å². The van der Waals surface area contributed by atoms with E-state index in [1.54, 1.807) is 36.7 Å². The van der Waals surface area contributed by atoms with Crippen molar-refractivity contribution in [3.05, 3.63) is 71.8 Å². The van der Waals surface area contributed by atoms with Gasteiger partial charge in [0.2, 0.25) is 0 Å². The molecule has 2 amide bonds. The highest BCUT2D eigenvalue weighted by atomic mass is 35.5. The van der Waals surface area contributed by atoms with E-state index in [1.807, 2.05) is 0 Å². The SMILES string of the molecule is NC(=O)N(Nc1cccc(-c2cncnc2)c1)c1ccc(Cl)c(C(F)(F)F)c1. The molecule has 0 radical (unpaired) electrons. The number of urea groups is 1. The Balaban J connectivity index is 1.94. The van der Waals surface area contributed by atoms with Gasteiger partial charge in [-0.05, 0) is 35.9 Å². The molecule has 6 nitrogen and oxygen atoms in total. The van der Waals surface area contributed by atoms with Gasteiger partial charge in [-0.2, -0.15) is 13.2 Å². The van der Waals surface area contributed by atoms with Gasteiger partial charge in [0.15, 0.2) is 0 Å². The van der Waals surface area contributed by atoms with Crippen LogP contribution in [0.5, 0.6) is 0 Å². The van der Waals surface area contributed by atoms with Crippen LogP contribution in [-0.4, -0.2) is 16.0 Å². The number of amides is 2. The fraction of sp³-hybridized carbons (Fsp3) is 0.0556. The van der Waals surface area contributed by atoms with Crippen LogP contribution in [0.4, 0.5) is 29.3 Å². The number of carbonyl (C=O) groups excluding carboxylic acids is 1. The Kier molecular flexibility index (Phi) is 5.36. The minimum atomic E-state index is -4.68. The van der Waals surface area contributed by atoms with Crippen molar-refractivity contribution in [1.82, 2.24) is 9.97 Å². The summed E-state index contributed by atoms with van der Waals surface area (Å²) >= 11 is 5.63. The van der Waals surface area contributed by atoms with Gasteiger partial charge in [0.1, 0.15) is 6.33 Å². The lowest BCUT2D eigenvalue weighted by atomic mass is 10.1. The van der Waals surface area contributed by atoms with E-state index in [1.165, 1.54) is 12.4 Å². The number of hydrogen-bond donors (Lipinski definition) is 2. The molecule has 0 saturated carbocycles. The molecule has 28 heavy (non-hydrogen) atoms. The summed E-state index contributed by atoms with van der Waals surface area (Å²) in [6, 6.07) is 8.85. The van der Waals surface area contributed by atoms with Crippen LogP contribution in [0.2, 0.25) is 5.02 Å². The number of alkyl halides is 3. The van der Waals surface area contributed by atoms with Crippen molar-refractivity contribution in [1.29, 1.82) is 0 Å². The first-order valence-electron chi connectivity index (χ1n) is 7.84. The molecule has 1 heterocycles. The molecule has 3 aromatic rings. The Hall–Kier alpha value is -3.33. The molecule has 10 heteroatoms. The molecule has 0 bridgehead atoms. The van der Waals surface area contributed by atoms with Crippen LogP contribution >= 0.6 is 11.6 Å².